The summed E-state index contributed by atoms with van der Waals surface area (Å²) in [6.07, 6.45) is 5.54. The molecule has 2 aromatic carbocycles. The summed E-state index contributed by atoms with van der Waals surface area (Å²) in [6.45, 7) is 16.1. The number of allylic oxidation sites excluding steroid dienone is 3. The van der Waals surface area contributed by atoms with Crippen LogP contribution in [0.15, 0.2) is 67.3 Å². The first-order valence-electron chi connectivity index (χ1n) is 8.83. The quantitative estimate of drug-likeness (QED) is 0.478. The first-order valence-corrected chi connectivity index (χ1v) is 8.83. The highest BCUT2D eigenvalue weighted by molar-refractivity contribution is 5.65. The van der Waals surface area contributed by atoms with Gasteiger partial charge in [0, 0.05) is 0 Å². The number of rotatable bonds is 6. The second-order valence-electron chi connectivity index (χ2n) is 5.89. The second-order valence-corrected chi connectivity index (χ2v) is 5.89. The van der Waals surface area contributed by atoms with Crippen molar-refractivity contribution in [2.45, 2.75) is 40.5 Å². The van der Waals surface area contributed by atoms with E-state index in [1.165, 1.54) is 17.2 Å². The molecule has 0 aliphatic rings. The minimum atomic E-state index is -0.214. The van der Waals surface area contributed by atoms with Crippen molar-refractivity contribution in [1.29, 1.82) is 0 Å². The zero-order chi connectivity index (χ0) is 18.8. The van der Waals surface area contributed by atoms with Gasteiger partial charge in [-0.05, 0) is 66.7 Å². The first-order chi connectivity index (χ1) is 12.0. The third kappa shape index (κ3) is 6.54. The molecular weight excluding hydrogens is 307 g/mol. The predicted octanol–water partition coefficient (Wildman–Crippen LogP) is 7.53. The highest BCUT2D eigenvalue weighted by Gasteiger charge is 2.03. The van der Waals surface area contributed by atoms with Crippen molar-refractivity contribution in [3.05, 3.63) is 95.3 Å². The summed E-state index contributed by atoms with van der Waals surface area (Å²) in [5, 5.41) is 0. The van der Waals surface area contributed by atoms with Gasteiger partial charge in [0.25, 0.3) is 0 Å². The third-order valence-electron chi connectivity index (χ3n) is 4.02. The van der Waals surface area contributed by atoms with Gasteiger partial charge < -0.3 is 0 Å². The van der Waals surface area contributed by atoms with Crippen molar-refractivity contribution in [2.24, 2.45) is 0 Å². The molecule has 0 aliphatic carbocycles. The molecule has 0 unspecified atom stereocenters. The largest absolute Gasteiger partial charge is 0.207 e. The van der Waals surface area contributed by atoms with Gasteiger partial charge in [-0.25, -0.2) is 4.39 Å². The van der Waals surface area contributed by atoms with Gasteiger partial charge in [0.15, 0.2) is 0 Å². The van der Waals surface area contributed by atoms with E-state index in [1.807, 2.05) is 32.9 Å². The maximum atomic E-state index is 13.4. The highest BCUT2D eigenvalue weighted by atomic mass is 19.1. The Labute approximate surface area is 152 Å². The Morgan fingerprint density at radius 1 is 1.00 bits per heavy atom. The van der Waals surface area contributed by atoms with Crippen LogP contribution in [0.2, 0.25) is 0 Å². The molecule has 0 fully saturated rings. The van der Waals surface area contributed by atoms with Gasteiger partial charge in [-0.3, -0.25) is 0 Å². The molecule has 0 spiro atoms. The molecule has 0 heterocycles. The smallest absolute Gasteiger partial charge is 0.123 e. The normalized spacial score (nSPS) is 10.7. The molecule has 0 aliphatic heterocycles. The van der Waals surface area contributed by atoms with Crippen molar-refractivity contribution >= 4 is 11.6 Å². The molecule has 1 heteroatoms. The minimum absolute atomic E-state index is 0.214. The molecule has 0 amide bonds. The number of hydrogen-bond donors (Lipinski definition) is 0. The fraction of sp³-hybridized carbons (Fsp3) is 0.250. The fourth-order valence-electron chi connectivity index (χ4n) is 2.43. The summed E-state index contributed by atoms with van der Waals surface area (Å²) in [7, 11) is 0. The summed E-state index contributed by atoms with van der Waals surface area (Å²) in [5.41, 5.74) is 6.57. The maximum Gasteiger partial charge on any atom is 0.123 e. The monoisotopic (exact) mass is 336 g/mol. The van der Waals surface area contributed by atoms with E-state index in [1.54, 1.807) is 12.1 Å². The zero-order valence-electron chi connectivity index (χ0n) is 15.9. The van der Waals surface area contributed by atoms with Crippen LogP contribution in [-0.2, 0) is 0 Å². The molecular formula is C24H29F. The van der Waals surface area contributed by atoms with Gasteiger partial charge in [-0.2, -0.15) is 0 Å². The van der Waals surface area contributed by atoms with E-state index in [9.17, 15) is 4.39 Å². The molecule has 0 nitrogen and oxygen atoms in total. The van der Waals surface area contributed by atoms with Crippen LogP contribution in [0.4, 0.5) is 4.39 Å². The Hall–Kier alpha value is -2.41. The summed E-state index contributed by atoms with van der Waals surface area (Å²) in [4.78, 5) is 0. The molecule has 2 rings (SSSR count). The molecule has 2 aromatic rings. The van der Waals surface area contributed by atoms with E-state index >= 15 is 0 Å². The Morgan fingerprint density at radius 3 is 2.24 bits per heavy atom. The lowest BCUT2D eigenvalue weighted by molar-refractivity contribution is 0.627. The van der Waals surface area contributed by atoms with Crippen LogP contribution in [0, 0.1) is 19.7 Å². The van der Waals surface area contributed by atoms with Crippen LogP contribution in [0.5, 0.6) is 0 Å². The number of benzene rings is 2. The number of aryl methyl sites for hydroxylation is 2. The summed E-state index contributed by atoms with van der Waals surface area (Å²) < 4.78 is 13.4. The van der Waals surface area contributed by atoms with Crippen molar-refractivity contribution in [2.75, 3.05) is 0 Å². The highest BCUT2D eigenvalue weighted by Crippen LogP contribution is 2.23. The number of halogens is 1. The molecule has 132 valence electrons. The molecule has 0 saturated carbocycles. The van der Waals surface area contributed by atoms with E-state index in [2.05, 4.69) is 44.3 Å². The van der Waals surface area contributed by atoms with Crippen molar-refractivity contribution in [3.63, 3.8) is 0 Å². The minimum Gasteiger partial charge on any atom is -0.207 e. The SMILES string of the molecule is C=C/C(=C/c1cc(F)ccc1C)CCC(=C)c1ccc(C)cc1.CC. The van der Waals surface area contributed by atoms with E-state index in [0.29, 0.717) is 0 Å². The van der Waals surface area contributed by atoms with Crippen LogP contribution < -0.4 is 0 Å². The second kappa shape index (κ2) is 10.5. The summed E-state index contributed by atoms with van der Waals surface area (Å²) in [5.74, 6) is -0.214. The maximum absolute atomic E-state index is 13.4. The molecule has 0 bridgehead atoms. The molecule has 0 atom stereocenters. The van der Waals surface area contributed by atoms with Crippen molar-refractivity contribution < 1.29 is 4.39 Å². The molecule has 0 N–H and O–H groups in total. The topological polar surface area (TPSA) is 0 Å². The van der Waals surface area contributed by atoms with Crippen LogP contribution >= 0.6 is 0 Å². The zero-order valence-corrected chi connectivity index (χ0v) is 15.9. The van der Waals surface area contributed by atoms with Crippen molar-refractivity contribution in [3.8, 4) is 0 Å². The van der Waals surface area contributed by atoms with E-state index in [4.69, 9.17) is 0 Å². The van der Waals surface area contributed by atoms with Crippen LogP contribution in [-0.4, -0.2) is 0 Å². The molecule has 0 radical (unpaired) electrons. The van der Waals surface area contributed by atoms with Gasteiger partial charge in [0.1, 0.15) is 5.82 Å². The Morgan fingerprint density at radius 2 is 1.64 bits per heavy atom. The van der Waals surface area contributed by atoms with Crippen LogP contribution in [0.25, 0.3) is 11.6 Å². The van der Waals surface area contributed by atoms with Gasteiger partial charge in [0.05, 0.1) is 0 Å². The van der Waals surface area contributed by atoms with Crippen molar-refractivity contribution in [1.82, 2.24) is 0 Å². The predicted molar refractivity (Wildman–Crippen MR) is 110 cm³/mol. The molecule has 0 aromatic heterocycles. The average Bonchev–Trinajstić information content (AvgIpc) is 2.63. The van der Waals surface area contributed by atoms with Gasteiger partial charge in [-0.15, -0.1) is 0 Å². The van der Waals surface area contributed by atoms with Gasteiger partial charge in [-0.1, -0.05) is 75.1 Å². The number of hydrogen-bond acceptors (Lipinski definition) is 0. The van der Waals surface area contributed by atoms with Gasteiger partial charge >= 0.3 is 0 Å². The van der Waals surface area contributed by atoms with Crippen LogP contribution in [0.1, 0.15) is 48.9 Å². The van der Waals surface area contributed by atoms with E-state index in [-0.39, 0.29) is 5.82 Å². The average molecular weight is 336 g/mol. The van der Waals surface area contributed by atoms with Crippen LogP contribution in [0.3, 0.4) is 0 Å². The Balaban J connectivity index is 0.00000151. The first kappa shape index (κ1) is 20.6. The lowest BCUT2D eigenvalue weighted by atomic mass is 9.97. The van der Waals surface area contributed by atoms with E-state index in [0.717, 1.165) is 35.1 Å². The fourth-order valence-corrected chi connectivity index (χ4v) is 2.43. The van der Waals surface area contributed by atoms with E-state index < -0.39 is 0 Å². The third-order valence-corrected chi connectivity index (χ3v) is 4.02. The molecule has 25 heavy (non-hydrogen) atoms. The summed E-state index contributed by atoms with van der Waals surface area (Å²) >= 11 is 0. The summed E-state index contributed by atoms with van der Waals surface area (Å²) in [6, 6.07) is 13.2. The Kier molecular flexibility index (Phi) is 8.63. The standard InChI is InChI=1S/C22H23F.C2H6/c1-5-19(14-21-15-22(23)13-9-18(21)4)10-8-17(3)20-11-6-16(2)7-12-20;1-2/h5-7,9,11-15H,1,3,8,10H2,2,4H3;1-2H3/b19-14-;. The van der Waals surface area contributed by atoms with Gasteiger partial charge in [0.2, 0.25) is 0 Å². The Bertz CT molecular complexity index is 733. The lowest BCUT2D eigenvalue weighted by Crippen LogP contribution is -1.88. The lowest BCUT2D eigenvalue weighted by Gasteiger charge is -2.08. The molecule has 0 saturated heterocycles.